The first-order valence-electron chi connectivity index (χ1n) is 6.54. The fourth-order valence-corrected chi connectivity index (χ4v) is 2.21. The standard InChI is InChI=1S/C12H24O5S/c1-2-8-9(13)10(14)11(15)12(17-8)16-6-4-3-5-7-18/h8-15,18H,2-7H2,1H3/t8?,9-,10?,11?,12+/m0/s1. The topological polar surface area (TPSA) is 79.2 Å². The van der Waals surface area contributed by atoms with Gasteiger partial charge in [-0.3, -0.25) is 0 Å². The Morgan fingerprint density at radius 2 is 1.78 bits per heavy atom. The van der Waals surface area contributed by atoms with Crippen LogP contribution >= 0.6 is 12.6 Å². The summed E-state index contributed by atoms with van der Waals surface area (Å²) in [6.45, 7) is 2.32. The van der Waals surface area contributed by atoms with E-state index in [1.807, 2.05) is 6.92 Å². The van der Waals surface area contributed by atoms with Crippen LogP contribution in [0.5, 0.6) is 0 Å². The predicted octanol–water partition coefficient (Wildman–Crippen LogP) is 0.321. The molecular formula is C12H24O5S. The average Bonchev–Trinajstić information content (AvgIpc) is 2.38. The zero-order chi connectivity index (χ0) is 13.5. The number of ether oxygens (including phenoxy) is 2. The van der Waals surface area contributed by atoms with Gasteiger partial charge in [-0.25, -0.2) is 0 Å². The maximum absolute atomic E-state index is 9.75. The fourth-order valence-electron chi connectivity index (χ4n) is 1.98. The van der Waals surface area contributed by atoms with Gasteiger partial charge in [0.2, 0.25) is 0 Å². The molecule has 1 saturated heterocycles. The van der Waals surface area contributed by atoms with Gasteiger partial charge in [-0.2, -0.15) is 12.6 Å². The molecule has 1 aliphatic heterocycles. The lowest BCUT2D eigenvalue weighted by atomic mass is 9.97. The molecule has 3 unspecified atom stereocenters. The molecule has 0 aromatic carbocycles. The molecule has 18 heavy (non-hydrogen) atoms. The molecule has 0 aromatic heterocycles. The van der Waals surface area contributed by atoms with Gasteiger partial charge in [0.05, 0.1) is 6.10 Å². The van der Waals surface area contributed by atoms with Crippen LogP contribution in [0, 0.1) is 0 Å². The van der Waals surface area contributed by atoms with Crippen LogP contribution < -0.4 is 0 Å². The van der Waals surface area contributed by atoms with E-state index in [4.69, 9.17) is 9.47 Å². The molecule has 3 N–H and O–H groups in total. The molecule has 0 aromatic rings. The highest BCUT2D eigenvalue weighted by Gasteiger charge is 2.43. The van der Waals surface area contributed by atoms with Crippen molar-refractivity contribution >= 4 is 12.6 Å². The molecule has 5 nitrogen and oxygen atoms in total. The third kappa shape index (κ3) is 4.36. The molecule has 0 amide bonds. The molecule has 6 heteroatoms. The van der Waals surface area contributed by atoms with Crippen LogP contribution in [0.1, 0.15) is 32.6 Å². The van der Waals surface area contributed by atoms with Crippen LogP contribution in [-0.2, 0) is 9.47 Å². The molecule has 1 fully saturated rings. The Morgan fingerprint density at radius 1 is 1.06 bits per heavy atom. The summed E-state index contributed by atoms with van der Waals surface area (Å²) in [4.78, 5) is 0. The van der Waals surface area contributed by atoms with Crippen LogP contribution in [0.4, 0.5) is 0 Å². The van der Waals surface area contributed by atoms with Crippen molar-refractivity contribution in [3.63, 3.8) is 0 Å². The first-order valence-corrected chi connectivity index (χ1v) is 7.17. The summed E-state index contributed by atoms with van der Waals surface area (Å²) >= 11 is 4.12. The maximum atomic E-state index is 9.75. The van der Waals surface area contributed by atoms with Gasteiger partial charge in [0, 0.05) is 6.61 Å². The third-order valence-electron chi connectivity index (χ3n) is 3.16. The van der Waals surface area contributed by atoms with Gasteiger partial charge >= 0.3 is 0 Å². The van der Waals surface area contributed by atoms with E-state index in [-0.39, 0.29) is 0 Å². The minimum Gasteiger partial charge on any atom is -0.388 e. The predicted molar refractivity (Wildman–Crippen MR) is 70.6 cm³/mol. The Kier molecular flexibility index (Phi) is 7.51. The van der Waals surface area contributed by atoms with Gasteiger partial charge in [-0.05, 0) is 25.0 Å². The number of rotatable bonds is 7. The molecule has 1 rings (SSSR count). The molecule has 1 heterocycles. The quantitative estimate of drug-likeness (QED) is 0.399. The van der Waals surface area contributed by atoms with E-state index in [1.165, 1.54) is 0 Å². The second-order valence-corrected chi connectivity index (χ2v) is 5.03. The van der Waals surface area contributed by atoms with E-state index in [1.54, 1.807) is 0 Å². The zero-order valence-electron chi connectivity index (χ0n) is 10.7. The Morgan fingerprint density at radius 3 is 2.39 bits per heavy atom. The Labute approximate surface area is 114 Å². The van der Waals surface area contributed by atoms with Crippen LogP contribution in [0.25, 0.3) is 0 Å². The average molecular weight is 280 g/mol. The summed E-state index contributed by atoms with van der Waals surface area (Å²) in [6, 6.07) is 0. The molecule has 108 valence electrons. The number of hydrogen-bond donors (Lipinski definition) is 4. The van der Waals surface area contributed by atoms with E-state index in [0.29, 0.717) is 13.0 Å². The van der Waals surface area contributed by atoms with Crippen molar-refractivity contribution in [3.8, 4) is 0 Å². The number of thiol groups is 1. The van der Waals surface area contributed by atoms with Crippen molar-refractivity contribution in [1.82, 2.24) is 0 Å². The van der Waals surface area contributed by atoms with E-state index < -0.39 is 30.7 Å². The van der Waals surface area contributed by atoms with Crippen LogP contribution in [0.15, 0.2) is 0 Å². The maximum Gasteiger partial charge on any atom is 0.186 e. The number of aliphatic hydroxyl groups excluding tert-OH is 3. The second kappa shape index (κ2) is 8.35. The van der Waals surface area contributed by atoms with E-state index in [0.717, 1.165) is 25.0 Å². The largest absolute Gasteiger partial charge is 0.388 e. The first kappa shape index (κ1) is 16.2. The SMILES string of the molecule is CCC1O[C@@H](OCCCCCS)C(O)C(O)[C@H]1O. The Bertz CT molecular complexity index is 227. The summed E-state index contributed by atoms with van der Waals surface area (Å²) in [7, 11) is 0. The fraction of sp³-hybridized carbons (Fsp3) is 1.00. The third-order valence-corrected chi connectivity index (χ3v) is 3.47. The van der Waals surface area contributed by atoms with Gasteiger partial charge in [-0.15, -0.1) is 0 Å². The van der Waals surface area contributed by atoms with Gasteiger partial charge in [0.1, 0.15) is 18.3 Å². The highest BCUT2D eigenvalue weighted by molar-refractivity contribution is 7.80. The Balaban J connectivity index is 2.35. The number of aliphatic hydroxyl groups is 3. The highest BCUT2D eigenvalue weighted by atomic mass is 32.1. The van der Waals surface area contributed by atoms with E-state index in [9.17, 15) is 15.3 Å². The highest BCUT2D eigenvalue weighted by Crippen LogP contribution is 2.23. The number of unbranched alkanes of at least 4 members (excludes halogenated alkanes) is 2. The molecular weight excluding hydrogens is 256 g/mol. The molecule has 0 aliphatic carbocycles. The normalized spacial score (nSPS) is 36.8. The summed E-state index contributed by atoms with van der Waals surface area (Å²) in [6.07, 6.45) is -1.37. The molecule has 5 atom stereocenters. The molecule has 0 bridgehead atoms. The van der Waals surface area contributed by atoms with Crippen molar-refractivity contribution in [3.05, 3.63) is 0 Å². The van der Waals surface area contributed by atoms with Gasteiger partial charge in [0.25, 0.3) is 0 Å². The zero-order valence-corrected chi connectivity index (χ0v) is 11.6. The van der Waals surface area contributed by atoms with Crippen LogP contribution in [0.3, 0.4) is 0 Å². The van der Waals surface area contributed by atoms with Crippen LogP contribution in [-0.4, -0.2) is 58.4 Å². The summed E-state index contributed by atoms with van der Waals surface area (Å²) in [5.74, 6) is 0.853. The van der Waals surface area contributed by atoms with E-state index >= 15 is 0 Å². The lowest BCUT2D eigenvalue weighted by Gasteiger charge is -2.40. The lowest BCUT2D eigenvalue weighted by Crippen LogP contribution is -2.58. The van der Waals surface area contributed by atoms with Crippen molar-refractivity contribution in [2.24, 2.45) is 0 Å². The molecule has 0 spiro atoms. The second-order valence-electron chi connectivity index (χ2n) is 4.58. The summed E-state index contributed by atoms with van der Waals surface area (Å²) in [5, 5.41) is 29.1. The van der Waals surface area contributed by atoms with Crippen molar-refractivity contribution in [1.29, 1.82) is 0 Å². The monoisotopic (exact) mass is 280 g/mol. The van der Waals surface area contributed by atoms with E-state index in [2.05, 4.69) is 12.6 Å². The number of hydrogen-bond acceptors (Lipinski definition) is 6. The van der Waals surface area contributed by atoms with Crippen molar-refractivity contribution < 1.29 is 24.8 Å². The lowest BCUT2D eigenvalue weighted by molar-refractivity contribution is -0.297. The van der Waals surface area contributed by atoms with Crippen molar-refractivity contribution in [2.75, 3.05) is 12.4 Å². The van der Waals surface area contributed by atoms with Crippen molar-refractivity contribution in [2.45, 2.75) is 63.3 Å². The minimum absolute atomic E-state index is 0.467. The minimum atomic E-state index is -1.22. The summed E-state index contributed by atoms with van der Waals surface area (Å²) in [5.41, 5.74) is 0. The molecule has 0 saturated carbocycles. The molecule has 1 aliphatic rings. The van der Waals surface area contributed by atoms with Gasteiger partial charge < -0.3 is 24.8 Å². The smallest absolute Gasteiger partial charge is 0.186 e. The first-order chi connectivity index (χ1) is 8.61. The Hall–Kier alpha value is 0.150. The summed E-state index contributed by atoms with van der Waals surface area (Å²) < 4.78 is 10.9. The van der Waals surface area contributed by atoms with Crippen LogP contribution in [0.2, 0.25) is 0 Å². The van der Waals surface area contributed by atoms with Gasteiger partial charge in [0.15, 0.2) is 6.29 Å². The molecule has 0 radical (unpaired) electrons. The van der Waals surface area contributed by atoms with Gasteiger partial charge in [-0.1, -0.05) is 13.3 Å².